The summed E-state index contributed by atoms with van der Waals surface area (Å²) in [5.41, 5.74) is 7.00. The molecule has 2 heterocycles. The Bertz CT molecular complexity index is 1410. The Hall–Kier alpha value is -3.55. The Kier molecular flexibility index (Phi) is 10.4. The van der Waals surface area contributed by atoms with E-state index in [1.807, 2.05) is 24.3 Å². The number of aromatic nitrogens is 1. The quantitative estimate of drug-likeness (QED) is 0.101. The van der Waals surface area contributed by atoms with Crippen LogP contribution in [-0.4, -0.2) is 58.4 Å². The fourth-order valence-electron chi connectivity index (χ4n) is 3.80. The lowest BCUT2D eigenvalue weighted by Gasteiger charge is -2.14. The van der Waals surface area contributed by atoms with Crippen molar-refractivity contribution in [2.75, 3.05) is 26.5 Å². The van der Waals surface area contributed by atoms with Gasteiger partial charge in [-0.15, -0.1) is 0 Å². The second kappa shape index (κ2) is 14.2. The maximum Gasteiger partial charge on any atom is 0.266 e. The number of fused-ring (bicyclic) bond motifs is 1. The van der Waals surface area contributed by atoms with E-state index in [2.05, 4.69) is 15.8 Å². The van der Waals surface area contributed by atoms with Crippen LogP contribution in [0.3, 0.4) is 0 Å². The minimum absolute atomic E-state index is 0.0529. The molecule has 0 bridgehead atoms. The minimum Gasteiger partial charge on any atom is -0.493 e. The first-order chi connectivity index (χ1) is 19.4. The van der Waals surface area contributed by atoms with Crippen molar-refractivity contribution < 1.29 is 28.3 Å². The molecule has 2 aromatic carbocycles. The van der Waals surface area contributed by atoms with Gasteiger partial charge in [0.15, 0.2) is 17.1 Å². The monoisotopic (exact) mass is 600 g/mol. The van der Waals surface area contributed by atoms with Crippen LogP contribution in [-0.2, 0) is 14.4 Å². The van der Waals surface area contributed by atoms with Gasteiger partial charge in [0.1, 0.15) is 9.84 Å². The molecule has 0 unspecified atom stereocenters. The number of nitrogens with zero attached hydrogens (tertiary/aromatic N) is 2. The number of carbonyl (C=O) groups excluding carboxylic acids is 3. The Balaban J connectivity index is 1.13. The summed E-state index contributed by atoms with van der Waals surface area (Å²) in [4.78, 5) is 43.4. The number of ether oxygens (including phenoxy) is 2. The van der Waals surface area contributed by atoms with Crippen LogP contribution in [0.4, 0.5) is 0 Å². The molecule has 2 N–H and O–H groups in total. The summed E-state index contributed by atoms with van der Waals surface area (Å²) in [6, 6.07) is 12.8. The summed E-state index contributed by atoms with van der Waals surface area (Å²) in [6.07, 6.45) is 4.05. The number of thiocarbonyl (C=S) groups is 1. The van der Waals surface area contributed by atoms with Crippen molar-refractivity contribution in [2.24, 2.45) is 0 Å². The number of rotatable bonds is 12. The molecular weight excluding hydrogens is 573 g/mol. The zero-order valence-corrected chi connectivity index (χ0v) is 24.4. The molecule has 4 rings (SSSR count). The topological polar surface area (TPSA) is 123 Å². The van der Waals surface area contributed by atoms with Gasteiger partial charge >= 0.3 is 0 Å². The molecule has 10 nitrogen and oxygen atoms in total. The minimum atomic E-state index is -0.365. The van der Waals surface area contributed by atoms with Crippen LogP contribution in [0, 0.1) is 0 Å². The number of hydrogen-bond donors (Lipinski definition) is 2. The molecule has 3 aromatic rings. The average molecular weight is 601 g/mol. The molecule has 0 radical (unpaired) electrons. The zero-order chi connectivity index (χ0) is 28.5. The van der Waals surface area contributed by atoms with E-state index in [4.69, 9.17) is 26.1 Å². The Labute approximate surface area is 245 Å². The van der Waals surface area contributed by atoms with Crippen molar-refractivity contribution in [3.8, 4) is 11.5 Å². The molecule has 210 valence electrons. The highest BCUT2D eigenvalue weighted by molar-refractivity contribution is 8.26. The highest BCUT2D eigenvalue weighted by Gasteiger charge is 2.31. The first kappa shape index (κ1) is 29.4. The van der Waals surface area contributed by atoms with E-state index in [-0.39, 0.29) is 29.9 Å². The number of methoxy groups -OCH3 is 2. The summed E-state index contributed by atoms with van der Waals surface area (Å²) >= 11 is 7.82. The third kappa shape index (κ3) is 7.77. The van der Waals surface area contributed by atoms with Crippen molar-refractivity contribution in [1.82, 2.24) is 20.7 Å². The number of para-hydroxylation sites is 2. The van der Waals surface area contributed by atoms with Gasteiger partial charge in [-0.25, -0.2) is 4.98 Å². The largest absolute Gasteiger partial charge is 0.493 e. The molecular formula is C27H28N4O6S3. The molecule has 1 aliphatic rings. The van der Waals surface area contributed by atoms with Crippen molar-refractivity contribution in [1.29, 1.82) is 0 Å². The van der Waals surface area contributed by atoms with Crippen molar-refractivity contribution >= 4 is 75.0 Å². The van der Waals surface area contributed by atoms with Crippen molar-refractivity contribution in [2.45, 2.75) is 30.9 Å². The fraction of sp³-hybridized carbons (Fsp3) is 0.296. The zero-order valence-electron chi connectivity index (χ0n) is 21.9. The maximum atomic E-state index is 12.9. The van der Waals surface area contributed by atoms with Crippen LogP contribution in [0.25, 0.3) is 17.2 Å². The standard InChI is InChI=1S/C27H28N4O6S3/c1-35-20-12-11-17(14-21(20)36-2)15-22-25(34)31(27(38)40-22)13-7-3-4-10-23(32)29-30-24(33)16-39-26-28-18-8-5-6-9-19(18)37-26/h5-6,8-9,11-12,14-15H,3-4,7,10,13,16H2,1-2H3,(H,29,32)(H,30,33). The number of carbonyl (C=O) groups is 3. The number of benzene rings is 2. The number of amides is 3. The van der Waals surface area contributed by atoms with Crippen LogP contribution in [0.2, 0.25) is 0 Å². The average Bonchev–Trinajstić information content (AvgIpc) is 3.50. The highest BCUT2D eigenvalue weighted by Crippen LogP contribution is 2.35. The van der Waals surface area contributed by atoms with Crippen LogP contribution in [0.15, 0.2) is 57.0 Å². The third-order valence-electron chi connectivity index (χ3n) is 5.81. The summed E-state index contributed by atoms with van der Waals surface area (Å²) in [6.45, 7) is 0.472. The fourth-order valence-corrected chi connectivity index (χ4v) is 5.74. The predicted molar refractivity (Wildman–Crippen MR) is 159 cm³/mol. The molecule has 0 aliphatic carbocycles. The number of oxazole rings is 1. The molecule has 0 atom stereocenters. The molecule has 1 aromatic heterocycles. The molecule has 1 aliphatic heterocycles. The predicted octanol–water partition coefficient (Wildman–Crippen LogP) is 4.55. The molecule has 0 saturated carbocycles. The molecule has 0 spiro atoms. The van der Waals surface area contributed by atoms with Gasteiger partial charge in [0.2, 0.25) is 11.8 Å². The number of hydrogen-bond acceptors (Lipinski definition) is 10. The van der Waals surface area contributed by atoms with Crippen LogP contribution in [0.5, 0.6) is 11.5 Å². The summed E-state index contributed by atoms with van der Waals surface area (Å²) in [5.74, 6) is 0.450. The van der Waals surface area contributed by atoms with Gasteiger partial charge in [-0.2, -0.15) is 0 Å². The van der Waals surface area contributed by atoms with Gasteiger partial charge < -0.3 is 13.9 Å². The van der Waals surface area contributed by atoms with E-state index in [0.717, 1.165) is 29.3 Å². The normalized spacial score (nSPS) is 14.2. The highest BCUT2D eigenvalue weighted by atomic mass is 32.2. The second-order valence-corrected chi connectivity index (χ2v) is 11.2. The van der Waals surface area contributed by atoms with E-state index in [0.29, 0.717) is 50.9 Å². The SMILES string of the molecule is COc1ccc(C=C2SC(=S)N(CCCCCC(=O)NNC(=O)CSc3nc4ccccc4o3)C2=O)cc1OC. The van der Waals surface area contributed by atoms with E-state index >= 15 is 0 Å². The van der Waals surface area contributed by atoms with E-state index in [1.54, 1.807) is 43.4 Å². The molecule has 1 saturated heterocycles. The van der Waals surface area contributed by atoms with Crippen LogP contribution in [0.1, 0.15) is 31.2 Å². The first-order valence-electron chi connectivity index (χ1n) is 12.4. The summed E-state index contributed by atoms with van der Waals surface area (Å²) in [7, 11) is 3.13. The third-order valence-corrected chi connectivity index (χ3v) is 8.01. The summed E-state index contributed by atoms with van der Waals surface area (Å²) < 4.78 is 16.7. The number of unbranched alkanes of at least 4 members (excludes halogenated alkanes) is 2. The molecule has 3 amide bonds. The van der Waals surface area contributed by atoms with E-state index < -0.39 is 0 Å². The van der Waals surface area contributed by atoms with Crippen LogP contribution >= 0.6 is 35.7 Å². The number of hydrazine groups is 1. The van der Waals surface area contributed by atoms with E-state index in [1.165, 1.54) is 11.8 Å². The number of nitrogens with one attached hydrogen (secondary N) is 2. The Morgan fingerprint density at radius 3 is 2.62 bits per heavy atom. The van der Waals surface area contributed by atoms with Gasteiger partial charge in [-0.3, -0.25) is 30.1 Å². The molecule has 13 heteroatoms. The maximum absolute atomic E-state index is 12.9. The smallest absolute Gasteiger partial charge is 0.266 e. The van der Waals surface area contributed by atoms with Gasteiger partial charge in [0.05, 0.1) is 24.9 Å². The summed E-state index contributed by atoms with van der Waals surface area (Å²) in [5, 5.41) is 0.389. The van der Waals surface area contributed by atoms with Gasteiger partial charge in [0, 0.05) is 13.0 Å². The molecule has 1 fully saturated rings. The Morgan fingerprint density at radius 2 is 1.85 bits per heavy atom. The van der Waals surface area contributed by atoms with Gasteiger partial charge in [-0.1, -0.05) is 60.4 Å². The Morgan fingerprint density at radius 1 is 1.07 bits per heavy atom. The molecule has 40 heavy (non-hydrogen) atoms. The lowest BCUT2D eigenvalue weighted by atomic mass is 10.1. The van der Waals surface area contributed by atoms with Gasteiger partial charge in [0.25, 0.3) is 11.1 Å². The van der Waals surface area contributed by atoms with Crippen molar-refractivity contribution in [3.05, 3.63) is 52.9 Å². The number of thioether (sulfide) groups is 2. The van der Waals surface area contributed by atoms with Gasteiger partial charge in [-0.05, 0) is 48.7 Å². The second-order valence-electron chi connectivity index (χ2n) is 8.59. The van der Waals surface area contributed by atoms with Crippen molar-refractivity contribution in [3.63, 3.8) is 0 Å². The van der Waals surface area contributed by atoms with E-state index in [9.17, 15) is 14.4 Å². The van der Waals surface area contributed by atoms with Crippen LogP contribution < -0.4 is 20.3 Å². The first-order valence-corrected chi connectivity index (χ1v) is 14.6. The lowest BCUT2D eigenvalue weighted by Crippen LogP contribution is -2.42. The lowest BCUT2D eigenvalue weighted by molar-refractivity contribution is -0.127.